The van der Waals surface area contributed by atoms with Crippen molar-refractivity contribution >= 4 is 26.7 Å². The van der Waals surface area contributed by atoms with E-state index in [2.05, 4.69) is 9.97 Å². The molecule has 0 saturated heterocycles. The fraction of sp³-hybridized carbons (Fsp3) is 0.371. The van der Waals surface area contributed by atoms with E-state index in [1.807, 2.05) is 39.0 Å². The molecule has 1 aliphatic rings. The number of hydrogen-bond donors (Lipinski definition) is 2. The van der Waals surface area contributed by atoms with E-state index in [1.165, 1.54) is 6.07 Å². The second kappa shape index (κ2) is 12.2. The molecule has 2 N–H and O–H groups in total. The van der Waals surface area contributed by atoms with Gasteiger partial charge in [0.2, 0.25) is 0 Å². The topological polar surface area (TPSA) is 140 Å². The number of halogens is 1. The first-order valence-electron chi connectivity index (χ1n) is 15.6. The Morgan fingerprint density at radius 2 is 1.94 bits per heavy atom. The maximum atomic E-state index is 15.6. The van der Waals surface area contributed by atoms with Crippen LogP contribution in [0.3, 0.4) is 0 Å². The Labute approximate surface area is 273 Å². The molecular formula is C35H38FN5O5S. The zero-order valence-electron chi connectivity index (χ0n) is 26.9. The van der Waals surface area contributed by atoms with Crippen molar-refractivity contribution in [3.8, 4) is 23.0 Å². The number of ether oxygens (including phenoxy) is 1. The van der Waals surface area contributed by atoms with Gasteiger partial charge in [0, 0.05) is 48.0 Å². The number of carboxylic acids is 1. The van der Waals surface area contributed by atoms with Crippen LogP contribution in [0.2, 0.25) is 0 Å². The molecule has 4 heterocycles. The summed E-state index contributed by atoms with van der Waals surface area (Å²) in [5, 5.41) is 15.0. The number of aliphatic carboxylic acids is 1. The number of H-pyrrole nitrogens is 1. The number of sulfone groups is 1. The maximum Gasteiger partial charge on any atom is 0.307 e. The minimum absolute atomic E-state index is 0.0303. The molecule has 3 aromatic heterocycles. The van der Waals surface area contributed by atoms with Gasteiger partial charge in [-0.25, -0.2) is 22.5 Å². The number of benzene rings is 2. The summed E-state index contributed by atoms with van der Waals surface area (Å²) >= 11 is 0. The van der Waals surface area contributed by atoms with Crippen molar-refractivity contribution in [3.63, 3.8) is 0 Å². The third-order valence-electron chi connectivity index (χ3n) is 9.03. The predicted molar refractivity (Wildman–Crippen MR) is 177 cm³/mol. The average molecular weight is 660 g/mol. The van der Waals surface area contributed by atoms with Crippen LogP contribution in [-0.4, -0.2) is 55.7 Å². The van der Waals surface area contributed by atoms with Gasteiger partial charge < -0.3 is 14.8 Å². The molecule has 2 aromatic carbocycles. The van der Waals surface area contributed by atoms with Crippen molar-refractivity contribution in [1.82, 2.24) is 24.7 Å². The predicted octanol–water partition coefficient (Wildman–Crippen LogP) is 6.39. The van der Waals surface area contributed by atoms with Crippen molar-refractivity contribution in [2.75, 3.05) is 11.5 Å². The minimum Gasteiger partial charge on any atom is -0.481 e. The van der Waals surface area contributed by atoms with Gasteiger partial charge in [-0.05, 0) is 54.9 Å². The number of aromatic nitrogens is 5. The van der Waals surface area contributed by atoms with Crippen molar-refractivity contribution in [3.05, 3.63) is 89.3 Å². The van der Waals surface area contributed by atoms with Crippen LogP contribution < -0.4 is 4.74 Å². The Morgan fingerprint density at radius 3 is 2.72 bits per heavy atom. The number of aromatic amines is 1. The van der Waals surface area contributed by atoms with E-state index >= 15 is 4.39 Å². The summed E-state index contributed by atoms with van der Waals surface area (Å²) in [6, 6.07) is 13.9. The monoisotopic (exact) mass is 659 g/mol. The van der Waals surface area contributed by atoms with Crippen LogP contribution in [0, 0.1) is 11.2 Å². The second-order valence-electron chi connectivity index (χ2n) is 13.4. The molecule has 12 heteroatoms. The third kappa shape index (κ3) is 6.78. The van der Waals surface area contributed by atoms with E-state index in [0.717, 1.165) is 5.56 Å². The van der Waals surface area contributed by atoms with Crippen molar-refractivity contribution < 1.29 is 27.4 Å². The fourth-order valence-corrected chi connectivity index (χ4v) is 8.63. The number of nitrogens with zero attached hydrogens (tertiary/aromatic N) is 4. The van der Waals surface area contributed by atoms with Gasteiger partial charge in [-0.2, -0.15) is 5.10 Å². The van der Waals surface area contributed by atoms with Crippen molar-refractivity contribution in [1.29, 1.82) is 0 Å². The highest BCUT2D eigenvalue weighted by Crippen LogP contribution is 2.40. The zero-order valence-corrected chi connectivity index (χ0v) is 27.7. The molecule has 0 amide bonds. The molecule has 0 unspecified atom stereocenters. The summed E-state index contributed by atoms with van der Waals surface area (Å²) < 4.78 is 50.6. The summed E-state index contributed by atoms with van der Waals surface area (Å²) in [6.45, 7) is 5.93. The van der Waals surface area contributed by atoms with Crippen LogP contribution in [0.5, 0.6) is 11.5 Å². The average Bonchev–Trinajstić information content (AvgIpc) is 3.62. The molecule has 0 aliphatic carbocycles. The minimum atomic E-state index is -3.55. The Bertz CT molecular complexity index is 2090. The summed E-state index contributed by atoms with van der Waals surface area (Å²) in [5.74, 6) is -0.451. The Morgan fingerprint density at radius 1 is 1.13 bits per heavy atom. The highest BCUT2D eigenvalue weighted by molar-refractivity contribution is 7.91. The van der Waals surface area contributed by atoms with E-state index < -0.39 is 32.5 Å². The lowest BCUT2D eigenvalue weighted by atomic mass is 9.75. The molecule has 0 radical (unpaired) electrons. The first-order valence-corrected chi connectivity index (χ1v) is 17.4. The standard InChI is InChI=1S/C35H38FN5O5S/c1-34(2)12-6-13-35(3,23-8-5-7-22(17-23)18-30(42)43)33-39-32(41(4)40-33)29-19-24(9-14-38-29)46-31-26(11-16-47(44,45)21-34)25-10-15-37-28(25)20-27(31)36/h5,7-10,14-15,17,19-20,37H,6,11-13,16,18,21H2,1-4H3,(H,42,43)/t35-/m1/s1. The van der Waals surface area contributed by atoms with E-state index in [1.54, 1.807) is 48.4 Å². The van der Waals surface area contributed by atoms with Crippen molar-refractivity contribution in [2.24, 2.45) is 12.5 Å². The number of carboxylic acid groups (broad SMARTS) is 1. The van der Waals surface area contributed by atoms with Crippen LogP contribution in [0.25, 0.3) is 22.4 Å². The van der Waals surface area contributed by atoms with E-state index in [4.69, 9.17) is 14.8 Å². The van der Waals surface area contributed by atoms with E-state index in [9.17, 15) is 18.3 Å². The molecule has 0 saturated carbocycles. The van der Waals surface area contributed by atoms with Crippen LogP contribution >= 0.6 is 0 Å². The number of rotatable bonds is 3. The molecule has 5 aromatic rings. The van der Waals surface area contributed by atoms with E-state index in [0.29, 0.717) is 64.4 Å². The Hall–Kier alpha value is -4.58. The van der Waals surface area contributed by atoms with Crippen molar-refractivity contribution in [2.45, 2.75) is 58.3 Å². The molecule has 6 rings (SSSR count). The number of hydrogen-bond acceptors (Lipinski definition) is 7. The Kier molecular flexibility index (Phi) is 8.41. The molecule has 246 valence electrons. The van der Waals surface area contributed by atoms with Gasteiger partial charge in [-0.1, -0.05) is 44.5 Å². The third-order valence-corrected chi connectivity index (χ3v) is 11.1. The van der Waals surface area contributed by atoms with Crippen LogP contribution in [-0.2, 0) is 39.9 Å². The largest absolute Gasteiger partial charge is 0.481 e. The lowest BCUT2D eigenvalue weighted by molar-refractivity contribution is -0.136. The number of nitrogens with one attached hydrogen (secondary N) is 1. The number of pyridine rings is 1. The van der Waals surface area contributed by atoms with Crippen LogP contribution in [0.15, 0.2) is 60.9 Å². The lowest BCUT2D eigenvalue weighted by Gasteiger charge is -2.30. The number of carbonyl (C=O) groups is 1. The lowest BCUT2D eigenvalue weighted by Crippen LogP contribution is -2.29. The molecule has 0 fully saturated rings. The molecule has 1 aliphatic heterocycles. The molecule has 4 bridgehead atoms. The first kappa shape index (κ1) is 32.4. The fourth-order valence-electron chi connectivity index (χ4n) is 6.64. The summed E-state index contributed by atoms with van der Waals surface area (Å²) in [5.41, 5.74) is 1.73. The van der Waals surface area contributed by atoms with Gasteiger partial charge >= 0.3 is 5.97 Å². The van der Waals surface area contributed by atoms with Gasteiger partial charge in [0.05, 0.1) is 23.3 Å². The molecule has 10 nitrogen and oxygen atoms in total. The van der Waals surface area contributed by atoms with E-state index in [-0.39, 0.29) is 30.1 Å². The number of aryl methyl sites for hydroxylation is 2. The van der Waals surface area contributed by atoms with Gasteiger partial charge in [0.25, 0.3) is 0 Å². The SMILES string of the molecule is Cn1nc2nc1-c1cc(ccn1)Oc1c(F)cc3[nH]ccc3c1CCS(=O)(=O)CC(C)(C)CCC[C@]2(C)c1cccc(CC(=O)O)c1. The zero-order chi connectivity index (χ0) is 33.6. The summed E-state index contributed by atoms with van der Waals surface area (Å²) in [7, 11) is -1.78. The number of fused-ring (bicyclic) bond motifs is 8. The maximum absolute atomic E-state index is 15.6. The molecule has 47 heavy (non-hydrogen) atoms. The molecular weight excluding hydrogens is 621 g/mol. The van der Waals surface area contributed by atoms with Gasteiger partial charge in [0.15, 0.2) is 33.1 Å². The first-order chi connectivity index (χ1) is 22.2. The quantitative estimate of drug-likeness (QED) is 0.227. The summed E-state index contributed by atoms with van der Waals surface area (Å²) in [4.78, 5) is 24.0. The highest BCUT2D eigenvalue weighted by atomic mass is 32.2. The van der Waals surface area contributed by atoms with Crippen LogP contribution in [0.4, 0.5) is 4.39 Å². The summed E-state index contributed by atoms with van der Waals surface area (Å²) in [6.07, 6.45) is 5.06. The van der Waals surface area contributed by atoms with Gasteiger partial charge in [0.1, 0.15) is 11.4 Å². The second-order valence-corrected chi connectivity index (χ2v) is 15.6. The van der Waals surface area contributed by atoms with Gasteiger partial charge in [-0.15, -0.1) is 0 Å². The molecule has 1 atom stereocenters. The Balaban J connectivity index is 1.49. The molecule has 0 spiro atoms. The highest BCUT2D eigenvalue weighted by Gasteiger charge is 2.36. The normalized spacial score (nSPS) is 19.7. The van der Waals surface area contributed by atoms with Gasteiger partial charge in [-0.3, -0.25) is 9.78 Å². The smallest absolute Gasteiger partial charge is 0.307 e. The van der Waals surface area contributed by atoms with Crippen LogP contribution in [0.1, 0.15) is 62.5 Å².